The molecule has 0 bridgehead atoms. The Morgan fingerprint density at radius 2 is 1.95 bits per heavy atom. The fourth-order valence-electron chi connectivity index (χ4n) is 1.88. The molecule has 0 aliphatic heterocycles. The number of aromatic nitrogens is 1. The maximum Gasteiger partial charge on any atom is 0.238 e. The number of anilines is 1. The maximum atomic E-state index is 12.6. The van der Waals surface area contributed by atoms with Gasteiger partial charge in [-0.2, -0.15) is 0 Å². The standard InChI is InChI=1S/C14H15ClN2OS/c1-14(2,10-4-6-11(15)7-5-10)12(18)17(3)13-16-8-9-19-13/h4-9H,1-3H3. The number of carbonyl (C=O) groups excluding carboxylic acids is 1. The van der Waals surface area contributed by atoms with Crippen molar-refractivity contribution in [3.63, 3.8) is 0 Å². The zero-order valence-electron chi connectivity index (χ0n) is 11.1. The van der Waals surface area contributed by atoms with E-state index in [1.807, 2.05) is 31.4 Å². The highest BCUT2D eigenvalue weighted by Gasteiger charge is 2.33. The number of hydrogen-bond donors (Lipinski definition) is 0. The molecule has 0 saturated carbocycles. The summed E-state index contributed by atoms with van der Waals surface area (Å²) in [7, 11) is 1.75. The molecular formula is C14H15ClN2OS. The Balaban J connectivity index is 2.28. The number of benzene rings is 1. The van der Waals surface area contributed by atoms with Crippen molar-refractivity contribution in [1.29, 1.82) is 0 Å². The van der Waals surface area contributed by atoms with Gasteiger partial charge in [-0.15, -0.1) is 11.3 Å². The van der Waals surface area contributed by atoms with Crippen LogP contribution >= 0.6 is 22.9 Å². The molecule has 19 heavy (non-hydrogen) atoms. The number of amides is 1. The van der Waals surface area contributed by atoms with Crippen LogP contribution in [0.2, 0.25) is 5.02 Å². The van der Waals surface area contributed by atoms with Gasteiger partial charge >= 0.3 is 0 Å². The third kappa shape index (κ3) is 2.80. The predicted octanol–water partition coefficient (Wildman–Crippen LogP) is 3.74. The lowest BCUT2D eigenvalue weighted by Crippen LogP contribution is -2.41. The van der Waals surface area contributed by atoms with Gasteiger partial charge in [0.1, 0.15) is 0 Å². The van der Waals surface area contributed by atoms with Gasteiger partial charge in [0.2, 0.25) is 5.91 Å². The Morgan fingerprint density at radius 1 is 1.32 bits per heavy atom. The number of likely N-dealkylation sites (N-methyl/N-ethyl adjacent to an activating group) is 1. The lowest BCUT2D eigenvalue weighted by Gasteiger charge is -2.28. The van der Waals surface area contributed by atoms with Crippen molar-refractivity contribution >= 4 is 34.0 Å². The number of nitrogens with zero attached hydrogens (tertiary/aromatic N) is 2. The van der Waals surface area contributed by atoms with E-state index in [0.29, 0.717) is 10.2 Å². The second-order valence-corrected chi connectivity index (χ2v) is 6.12. The van der Waals surface area contributed by atoms with E-state index in [-0.39, 0.29) is 5.91 Å². The van der Waals surface area contributed by atoms with E-state index in [0.717, 1.165) is 5.56 Å². The molecule has 0 spiro atoms. The minimum Gasteiger partial charge on any atom is -0.291 e. The molecule has 0 aliphatic carbocycles. The summed E-state index contributed by atoms with van der Waals surface area (Å²) >= 11 is 7.33. The summed E-state index contributed by atoms with van der Waals surface area (Å²) in [6, 6.07) is 7.37. The van der Waals surface area contributed by atoms with Crippen LogP contribution in [0.4, 0.5) is 5.13 Å². The minimum absolute atomic E-state index is 0.00442. The molecule has 2 rings (SSSR count). The third-order valence-corrected chi connectivity index (χ3v) is 4.21. The quantitative estimate of drug-likeness (QED) is 0.864. The fourth-order valence-corrected chi connectivity index (χ4v) is 2.61. The molecule has 0 aliphatic rings. The van der Waals surface area contributed by atoms with E-state index in [1.54, 1.807) is 30.3 Å². The first-order valence-corrected chi connectivity index (χ1v) is 7.12. The maximum absolute atomic E-state index is 12.6. The van der Waals surface area contributed by atoms with E-state index < -0.39 is 5.41 Å². The highest BCUT2D eigenvalue weighted by atomic mass is 35.5. The number of rotatable bonds is 3. The molecule has 0 unspecified atom stereocenters. The van der Waals surface area contributed by atoms with Gasteiger partial charge in [0.15, 0.2) is 5.13 Å². The average Bonchev–Trinajstić information content (AvgIpc) is 2.91. The molecule has 0 saturated heterocycles. The van der Waals surface area contributed by atoms with Gasteiger partial charge in [0, 0.05) is 23.6 Å². The Bertz CT molecular complexity index is 564. The van der Waals surface area contributed by atoms with Crippen LogP contribution in [0.3, 0.4) is 0 Å². The summed E-state index contributed by atoms with van der Waals surface area (Å²) in [5, 5.41) is 3.22. The van der Waals surface area contributed by atoms with Gasteiger partial charge in [-0.25, -0.2) is 4.98 Å². The lowest BCUT2D eigenvalue weighted by atomic mass is 9.83. The minimum atomic E-state index is -0.620. The molecule has 3 nitrogen and oxygen atoms in total. The third-order valence-electron chi connectivity index (χ3n) is 3.11. The zero-order chi connectivity index (χ0) is 14.0. The number of thiazole rings is 1. The van der Waals surface area contributed by atoms with Crippen LogP contribution in [0.5, 0.6) is 0 Å². The van der Waals surface area contributed by atoms with Gasteiger partial charge in [-0.05, 0) is 31.5 Å². The topological polar surface area (TPSA) is 33.2 Å². The monoisotopic (exact) mass is 294 g/mol. The van der Waals surface area contributed by atoms with E-state index >= 15 is 0 Å². The highest BCUT2D eigenvalue weighted by Crippen LogP contribution is 2.29. The van der Waals surface area contributed by atoms with Gasteiger partial charge in [0.25, 0.3) is 0 Å². The van der Waals surface area contributed by atoms with Crippen molar-refractivity contribution < 1.29 is 4.79 Å². The van der Waals surface area contributed by atoms with Gasteiger partial charge in [-0.1, -0.05) is 23.7 Å². The Morgan fingerprint density at radius 3 is 2.47 bits per heavy atom. The van der Waals surface area contributed by atoms with Crippen LogP contribution < -0.4 is 4.90 Å². The number of hydrogen-bond acceptors (Lipinski definition) is 3. The smallest absolute Gasteiger partial charge is 0.238 e. The van der Waals surface area contributed by atoms with E-state index in [4.69, 9.17) is 11.6 Å². The zero-order valence-corrected chi connectivity index (χ0v) is 12.6. The molecule has 1 aromatic carbocycles. The Kier molecular flexibility index (Phi) is 3.92. The summed E-state index contributed by atoms with van der Waals surface area (Å²) in [6.07, 6.45) is 1.69. The van der Waals surface area contributed by atoms with E-state index in [9.17, 15) is 4.79 Å². The van der Waals surface area contributed by atoms with Crippen LogP contribution in [0.25, 0.3) is 0 Å². The second kappa shape index (κ2) is 5.31. The normalized spacial score (nSPS) is 11.4. The van der Waals surface area contributed by atoms with Crippen molar-refractivity contribution in [2.75, 3.05) is 11.9 Å². The number of carbonyl (C=O) groups is 1. The summed E-state index contributed by atoms with van der Waals surface area (Å²) in [6.45, 7) is 3.81. The molecule has 1 heterocycles. The van der Waals surface area contributed by atoms with Crippen molar-refractivity contribution in [2.24, 2.45) is 0 Å². The number of halogens is 1. The van der Waals surface area contributed by atoms with Crippen LogP contribution in [-0.2, 0) is 10.2 Å². The second-order valence-electron chi connectivity index (χ2n) is 4.81. The van der Waals surface area contributed by atoms with Gasteiger partial charge in [-0.3, -0.25) is 9.69 Å². The lowest BCUT2D eigenvalue weighted by molar-refractivity contribution is -0.122. The molecule has 5 heteroatoms. The summed E-state index contributed by atoms with van der Waals surface area (Å²) in [4.78, 5) is 18.4. The van der Waals surface area contributed by atoms with Crippen LogP contribution in [0.1, 0.15) is 19.4 Å². The molecule has 0 radical (unpaired) electrons. The fraction of sp³-hybridized carbons (Fsp3) is 0.286. The summed E-state index contributed by atoms with van der Waals surface area (Å²) in [5.41, 5.74) is 0.315. The highest BCUT2D eigenvalue weighted by molar-refractivity contribution is 7.13. The molecule has 100 valence electrons. The molecule has 2 aromatic rings. The molecule has 1 aromatic heterocycles. The van der Waals surface area contributed by atoms with E-state index in [1.165, 1.54) is 11.3 Å². The molecule has 1 amide bonds. The predicted molar refractivity (Wildman–Crippen MR) is 80.0 cm³/mol. The van der Waals surface area contributed by atoms with Crippen molar-refractivity contribution in [2.45, 2.75) is 19.3 Å². The molecule has 0 atom stereocenters. The molecule has 0 N–H and O–H groups in total. The van der Waals surface area contributed by atoms with Crippen molar-refractivity contribution in [1.82, 2.24) is 4.98 Å². The van der Waals surface area contributed by atoms with Gasteiger partial charge < -0.3 is 0 Å². The summed E-state index contributed by atoms with van der Waals surface area (Å²) < 4.78 is 0. The first-order valence-electron chi connectivity index (χ1n) is 5.86. The average molecular weight is 295 g/mol. The summed E-state index contributed by atoms with van der Waals surface area (Å²) in [5.74, 6) is 0.00442. The van der Waals surface area contributed by atoms with Crippen LogP contribution in [-0.4, -0.2) is 17.9 Å². The van der Waals surface area contributed by atoms with E-state index in [2.05, 4.69) is 4.98 Å². The largest absolute Gasteiger partial charge is 0.291 e. The SMILES string of the molecule is CN(C(=O)C(C)(C)c1ccc(Cl)cc1)c1nccs1. The Labute approximate surface area is 121 Å². The Hall–Kier alpha value is -1.39. The van der Waals surface area contributed by atoms with Crippen molar-refractivity contribution in [3.8, 4) is 0 Å². The van der Waals surface area contributed by atoms with Gasteiger partial charge in [0.05, 0.1) is 5.41 Å². The molecule has 0 fully saturated rings. The van der Waals surface area contributed by atoms with Crippen LogP contribution in [0, 0.1) is 0 Å². The van der Waals surface area contributed by atoms with Crippen molar-refractivity contribution in [3.05, 3.63) is 46.4 Å². The molecular weight excluding hydrogens is 280 g/mol. The van der Waals surface area contributed by atoms with Crippen LogP contribution in [0.15, 0.2) is 35.8 Å². The first-order chi connectivity index (χ1) is 8.93. The first kappa shape index (κ1) is 14.0.